The molecule has 5 heterocycles. The molecule has 12 aromatic rings. The Labute approximate surface area is 402 Å². The third kappa shape index (κ3) is 7.53. The number of pyridine rings is 4. The summed E-state index contributed by atoms with van der Waals surface area (Å²) in [4.78, 5) is 19.9. The summed E-state index contributed by atoms with van der Waals surface area (Å²) in [6.45, 7) is 2.19. The number of nitrogens with zero attached hydrogens (tertiary/aromatic N) is 5. The molecule has 0 atom stereocenters. The molecule has 316 valence electrons. The van der Waals surface area contributed by atoms with E-state index in [0.717, 1.165) is 122 Å². The molecule has 7 aromatic carbocycles. The molecule has 0 amide bonds. The predicted octanol–water partition coefficient (Wildman–Crippen LogP) is 14.9. The summed E-state index contributed by atoms with van der Waals surface area (Å²) in [5.41, 5.74) is 20.6. The van der Waals surface area contributed by atoms with Crippen molar-refractivity contribution < 1.29 is 20.1 Å². The van der Waals surface area contributed by atoms with Crippen LogP contribution in [0.1, 0.15) is 5.56 Å². The topological polar surface area (TPSA) is 56.0 Å². The second kappa shape index (κ2) is 17.7. The average Bonchev–Trinajstić information content (AvgIpc) is 3.90. The van der Waals surface area contributed by atoms with Gasteiger partial charge in [0.05, 0.1) is 0 Å². The molecule has 12 rings (SSSR count). The molecule has 0 spiro atoms. The third-order valence-electron chi connectivity index (χ3n) is 12.6. The van der Waals surface area contributed by atoms with Crippen LogP contribution in [-0.4, -0.2) is 24.3 Å². The van der Waals surface area contributed by atoms with Crippen LogP contribution in [0.2, 0.25) is 0 Å². The predicted molar refractivity (Wildman–Crippen MR) is 268 cm³/mol. The summed E-state index contributed by atoms with van der Waals surface area (Å²) < 4.78 is 2.15. The van der Waals surface area contributed by atoms with E-state index in [1.807, 2.05) is 91.6 Å². The number of imidazole rings is 1. The van der Waals surface area contributed by atoms with E-state index in [1.165, 1.54) is 0 Å². The van der Waals surface area contributed by atoms with Crippen LogP contribution in [0.25, 0.3) is 117 Å². The smallest absolute Gasteiger partial charge is 0.342 e. The first-order valence-electron chi connectivity index (χ1n) is 22.0. The molecule has 5 aromatic heterocycles. The minimum absolute atomic E-state index is 0. The first-order chi connectivity index (χ1) is 32.7. The fourth-order valence-corrected chi connectivity index (χ4v) is 9.41. The van der Waals surface area contributed by atoms with E-state index in [4.69, 9.17) is 19.9 Å². The number of hydrogen-bond acceptors (Lipinski definition) is 4. The van der Waals surface area contributed by atoms with Crippen LogP contribution < -0.4 is 0 Å². The molecule has 0 N–H and O–H groups in total. The van der Waals surface area contributed by atoms with Crippen molar-refractivity contribution in [3.8, 4) is 89.3 Å². The van der Waals surface area contributed by atoms with Crippen molar-refractivity contribution in [2.75, 3.05) is 0 Å². The minimum Gasteiger partial charge on any atom is -0.342 e. The maximum absolute atomic E-state index is 5.18. The van der Waals surface area contributed by atoms with Crippen molar-refractivity contribution in [1.82, 2.24) is 24.3 Å². The Bertz CT molecular complexity index is 3610. The first kappa shape index (κ1) is 41.5. The summed E-state index contributed by atoms with van der Waals surface area (Å²) in [6.07, 6.45) is 9.86. The van der Waals surface area contributed by atoms with Crippen LogP contribution in [0, 0.1) is 25.1 Å². The van der Waals surface area contributed by atoms with E-state index in [-0.39, 0.29) is 20.1 Å². The van der Waals surface area contributed by atoms with Crippen LogP contribution in [0.15, 0.2) is 213 Å². The number of aryl methyl sites for hydroxylation is 1. The zero-order chi connectivity index (χ0) is 44.0. The van der Waals surface area contributed by atoms with Crippen molar-refractivity contribution in [1.29, 1.82) is 0 Å². The Kier molecular flexibility index (Phi) is 11.0. The van der Waals surface area contributed by atoms with Gasteiger partial charge in [-0.3, -0.25) is 0 Å². The van der Waals surface area contributed by atoms with Crippen molar-refractivity contribution >= 4 is 27.5 Å². The first-order valence-corrected chi connectivity index (χ1v) is 22.0. The van der Waals surface area contributed by atoms with Crippen molar-refractivity contribution in [3.05, 3.63) is 237 Å². The zero-order valence-electron chi connectivity index (χ0n) is 36.3. The largest absolute Gasteiger partial charge is 3.00 e. The van der Waals surface area contributed by atoms with E-state index in [9.17, 15) is 0 Å². The second-order valence-corrected chi connectivity index (χ2v) is 16.4. The van der Waals surface area contributed by atoms with Gasteiger partial charge in [0, 0.05) is 47.5 Å². The van der Waals surface area contributed by atoms with Gasteiger partial charge in [-0.2, -0.15) is 0 Å². The number of aromatic nitrogens is 5. The van der Waals surface area contributed by atoms with Gasteiger partial charge in [-0.05, 0) is 109 Å². The Balaban J connectivity index is 0.00000494. The van der Waals surface area contributed by atoms with Gasteiger partial charge in [0.15, 0.2) is 0 Å². The Morgan fingerprint density at radius 3 is 1.42 bits per heavy atom. The number of benzene rings is 7. The molecule has 0 aliphatic rings. The van der Waals surface area contributed by atoms with Crippen LogP contribution >= 0.6 is 0 Å². The van der Waals surface area contributed by atoms with Crippen molar-refractivity contribution in [2.45, 2.75) is 6.92 Å². The Hall–Kier alpha value is -8.15. The maximum atomic E-state index is 5.18. The van der Waals surface area contributed by atoms with Gasteiger partial charge in [-0.25, -0.2) is 4.98 Å². The SMILES string of the molecule is Cc1c(-c2ccccc2-c2cc(-c3ccccc3-c3ccc(-c4[c-]cccc4)nc3)cc(-c3ccccc3-c3ccc(-c4[c-]cccc4)nc3)c2)cnc2c3[c-]cccc3n3ccnc3c12.[Ir+3]. The molecule has 0 saturated carbocycles. The number of fused-ring (bicyclic) bond motifs is 6. The normalized spacial score (nSPS) is 11.2. The quantitative estimate of drug-likeness (QED) is 0.112. The number of hydrogen-bond donors (Lipinski definition) is 0. The molecule has 0 bridgehead atoms. The summed E-state index contributed by atoms with van der Waals surface area (Å²) in [6, 6.07) is 73.5. The van der Waals surface area contributed by atoms with Gasteiger partial charge in [0.1, 0.15) is 5.65 Å². The summed E-state index contributed by atoms with van der Waals surface area (Å²) in [7, 11) is 0. The van der Waals surface area contributed by atoms with Crippen molar-refractivity contribution in [3.63, 3.8) is 0 Å². The van der Waals surface area contributed by atoms with E-state index in [2.05, 4.69) is 151 Å². The molecule has 0 unspecified atom stereocenters. The maximum Gasteiger partial charge on any atom is 3.00 e. The van der Waals surface area contributed by atoms with Gasteiger partial charge in [-0.1, -0.05) is 97.1 Å². The van der Waals surface area contributed by atoms with Gasteiger partial charge in [-0.15, -0.1) is 101 Å². The van der Waals surface area contributed by atoms with Crippen LogP contribution in [0.5, 0.6) is 0 Å². The molecule has 0 aliphatic carbocycles. The monoisotopic (exact) mass is 1030 g/mol. The molecule has 0 fully saturated rings. The van der Waals surface area contributed by atoms with Gasteiger partial charge < -0.3 is 19.4 Å². The van der Waals surface area contributed by atoms with Crippen LogP contribution in [0.3, 0.4) is 0 Å². The van der Waals surface area contributed by atoms with E-state index >= 15 is 0 Å². The summed E-state index contributed by atoms with van der Waals surface area (Å²) >= 11 is 0. The molecule has 5 nitrogen and oxygen atoms in total. The fraction of sp³-hybridized carbons (Fsp3) is 0.0164. The Morgan fingerprint density at radius 2 is 0.910 bits per heavy atom. The second-order valence-electron chi connectivity index (χ2n) is 16.4. The van der Waals surface area contributed by atoms with Crippen LogP contribution in [-0.2, 0) is 20.1 Å². The van der Waals surface area contributed by atoms with Crippen LogP contribution in [0.4, 0.5) is 0 Å². The van der Waals surface area contributed by atoms with Crippen molar-refractivity contribution in [2.24, 2.45) is 0 Å². The third-order valence-corrected chi connectivity index (χ3v) is 12.6. The molecule has 0 radical (unpaired) electrons. The van der Waals surface area contributed by atoms with E-state index < -0.39 is 0 Å². The zero-order valence-corrected chi connectivity index (χ0v) is 38.7. The molecule has 6 heteroatoms. The average molecular weight is 1030 g/mol. The molecular formula is C61H38IrN5. The molecule has 0 saturated heterocycles. The van der Waals surface area contributed by atoms with E-state index in [1.54, 1.807) is 0 Å². The van der Waals surface area contributed by atoms with Gasteiger partial charge in [0.25, 0.3) is 0 Å². The van der Waals surface area contributed by atoms with Gasteiger partial charge >= 0.3 is 20.1 Å². The van der Waals surface area contributed by atoms with Gasteiger partial charge in [0.2, 0.25) is 0 Å². The fourth-order valence-electron chi connectivity index (χ4n) is 9.41. The number of rotatable bonds is 8. The minimum atomic E-state index is 0. The Morgan fingerprint density at radius 1 is 0.418 bits per heavy atom. The summed E-state index contributed by atoms with van der Waals surface area (Å²) in [5, 5.41) is 2.00. The summed E-state index contributed by atoms with van der Waals surface area (Å²) in [5.74, 6) is 0. The standard InChI is InChI=1S/C61H38N5.Ir/c1-40-55(39-65-60-54-26-14-15-27-58(54)66-33-32-62-61(66)59(40)60)53-25-13-12-24-52(53)47-35-45(50-22-10-8-20-48(50)43-28-30-56(63-37-43)41-16-4-2-5-17-41)34-46(36-47)51-23-11-9-21-49(51)44-29-31-57(64-38-44)42-18-6-3-7-19-42;/h2-16,18,20-25,27-39H,1H3;/q-3;+3. The molecular weight excluding hydrogens is 995 g/mol. The molecule has 0 aliphatic heterocycles. The van der Waals surface area contributed by atoms with E-state index in [0.29, 0.717) is 0 Å². The molecule has 67 heavy (non-hydrogen) atoms.